The summed E-state index contributed by atoms with van der Waals surface area (Å²) >= 11 is 8.70. The van der Waals surface area contributed by atoms with E-state index in [4.69, 9.17) is 0 Å². The molecule has 1 aromatic carbocycles. The van der Waals surface area contributed by atoms with Gasteiger partial charge in [0.15, 0.2) is 0 Å². The molecule has 2 rings (SSSR count). The Labute approximate surface area is 129 Å². The molecular formula is C13H15Br2NOS. The van der Waals surface area contributed by atoms with Crippen LogP contribution in [0.4, 0.5) is 0 Å². The SMILES string of the molecule is CSC1CCC(NC(=O)c2cc(Br)cc(Br)c2)C1. The summed E-state index contributed by atoms with van der Waals surface area (Å²) in [5.41, 5.74) is 0.698. The second-order valence-corrected chi connectivity index (χ2v) is 7.47. The smallest absolute Gasteiger partial charge is 0.251 e. The van der Waals surface area contributed by atoms with E-state index >= 15 is 0 Å². The highest BCUT2D eigenvalue weighted by molar-refractivity contribution is 9.11. The highest BCUT2D eigenvalue weighted by Gasteiger charge is 2.25. The van der Waals surface area contributed by atoms with E-state index in [0.717, 1.165) is 21.8 Å². The maximum absolute atomic E-state index is 12.1. The van der Waals surface area contributed by atoms with Gasteiger partial charge in [0, 0.05) is 25.8 Å². The topological polar surface area (TPSA) is 29.1 Å². The maximum Gasteiger partial charge on any atom is 0.251 e. The van der Waals surface area contributed by atoms with Crippen molar-refractivity contribution in [1.29, 1.82) is 0 Å². The fourth-order valence-corrected chi connectivity index (χ4v) is 4.33. The number of carbonyl (C=O) groups excluding carboxylic acids is 1. The number of amides is 1. The normalized spacial score (nSPS) is 23.1. The van der Waals surface area contributed by atoms with E-state index in [2.05, 4.69) is 43.4 Å². The molecule has 2 atom stereocenters. The first-order valence-electron chi connectivity index (χ1n) is 5.88. The fraction of sp³-hybridized carbons (Fsp3) is 0.462. The van der Waals surface area contributed by atoms with Crippen LogP contribution in [0.15, 0.2) is 27.1 Å². The minimum atomic E-state index is 0.0174. The number of carbonyl (C=O) groups is 1. The summed E-state index contributed by atoms with van der Waals surface area (Å²) in [5.74, 6) is 0.0174. The first kappa shape index (κ1) is 14.4. The minimum Gasteiger partial charge on any atom is -0.349 e. The molecule has 1 aromatic rings. The van der Waals surface area contributed by atoms with Crippen LogP contribution in [0.3, 0.4) is 0 Å². The van der Waals surface area contributed by atoms with Gasteiger partial charge in [0.1, 0.15) is 0 Å². The monoisotopic (exact) mass is 391 g/mol. The largest absolute Gasteiger partial charge is 0.349 e. The highest BCUT2D eigenvalue weighted by Crippen LogP contribution is 2.28. The third kappa shape index (κ3) is 3.75. The number of benzene rings is 1. The molecule has 1 saturated carbocycles. The van der Waals surface area contributed by atoms with Crippen LogP contribution in [-0.2, 0) is 0 Å². The molecule has 1 N–H and O–H groups in total. The lowest BCUT2D eigenvalue weighted by Gasteiger charge is -2.13. The summed E-state index contributed by atoms with van der Waals surface area (Å²) in [6.45, 7) is 0. The Hall–Kier alpha value is -0.000000000000000111. The number of hydrogen-bond acceptors (Lipinski definition) is 2. The predicted octanol–water partition coefficient (Wildman–Crippen LogP) is 4.23. The Morgan fingerprint density at radius 2 is 1.94 bits per heavy atom. The van der Waals surface area contributed by atoms with E-state index in [-0.39, 0.29) is 5.91 Å². The Morgan fingerprint density at radius 1 is 1.28 bits per heavy atom. The van der Waals surface area contributed by atoms with Crippen LogP contribution < -0.4 is 5.32 Å². The number of halogens is 2. The van der Waals surface area contributed by atoms with E-state index < -0.39 is 0 Å². The Kier molecular flexibility index (Phi) is 5.15. The summed E-state index contributed by atoms with van der Waals surface area (Å²) < 4.78 is 1.82. The Balaban J connectivity index is 1.99. The summed E-state index contributed by atoms with van der Waals surface area (Å²) in [6, 6.07) is 5.95. The van der Waals surface area contributed by atoms with Gasteiger partial charge < -0.3 is 5.32 Å². The van der Waals surface area contributed by atoms with Gasteiger partial charge in [-0.25, -0.2) is 0 Å². The quantitative estimate of drug-likeness (QED) is 0.833. The van der Waals surface area contributed by atoms with Crippen molar-refractivity contribution >= 4 is 49.5 Å². The molecule has 1 amide bonds. The molecule has 5 heteroatoms. The lowest BCUT2D eigenvalue weighted by Crippen LogP contribution is -2.33. The molecule has 0 bridgehead atoms. The summed E-state index contributed by atoms with van der Waals surface area (Å²) in [7, 11) is 0. The molecule has 0 radical (unpaired) electrons. The van der Waals surface area contributed by atoms with Crippen molar-refractivity contribution in [3.05, 3.63) is 32.7 Å². The third-order valence-corrected chi connectivity index (χ3v) is 5.19. The lowest BCUT2D eigenvalue weighted by atomic mass is 10.2. The Bertz CT molecular complexity index is 432. The van der Waals surface area contributed by atoms with Gasteiger partial charge in [-0.3, -0.25) is 4.79 Å². The molecule has 18 heavy (non-hydrogen) atoms. The van der Waals surface area contributed by atoms with Crippen molar-refractivity contribution in [3.8, 4) is 0 Å². The average Bonchev–Trinajstić information content (AvgIpc) is 2.75. The number of rotatable bonds is 3. The van der Waals surface area contributed by atoms with E-state index in [1.165, 1.54) is 6.42 Å². The van der Waals surface area contributed by atoms with Gasteiger partial charge in [0.2, 0.25) is 0 Å². The van der Waals surface area contributed by atoms with Crippen LogP contribution in [0.1, 0.15) is 29.6 Å². The second kappa shape index (κ2) is 6.44. The molecule has 2 nitrogen and oxygen atoms in total. The molecule has 98 valence electrons. The summed E-state index contributed by atoms with van der Waals surface area (Å²) in [5, 5.41) is 3.82. The van der Waals surface area contributed by atoms with Crippen LogP contribution in [0.5, 0.6) is 0 Å². The highest BCUT2D eigenvalue weighted by atomic mass is 79.9. The van der Waals surface area contributed by atoms with Gasteiger partial charge >= 0.3 is 0 Å². The molecule has 0 spiro atoms. The van der Waals surface area contributed by atoms with Gasteiger partial charge in [0.05, 0.1) is 0 Å². The fourth-order valence-electron chi connectivity index (χ4n) is 2.24. The predicted molar refractivity (Wildman–Crippen MR) is 84.3 cm³/mol. The minimum absolute atomic E-state index is 0.0174. The van der Waals surface area contributed by atoms with Crippen molar-refractivity contribution in [2.24, 2.45) is 0 Å². The van der Waals surface area contributed by atoms with Crippen LogP contribution in [0.2, 0.25) is 0 Å². The molecule has 0 aromatic heterocycles. The van der Waals surface area contributed by atoms with E-state index in [0.29, 0.717) is 16.9 Å². The van der Waals surface area contributed by atoms with Crippen molar-refractivity contribution in [3.63, 3.8) is 0 Å². The molecule has 1 aliphatic carbocycles. The number of thioether (sulfide) groups is 1. The maximum atomic E-state index is 12.1. The van der Waals surface area contributed by atoms with Crippen molar-refractivity contribution < 1.29 is 4.79 Å². The standard InChI is InChI=1S/C13H15Br2NOS/c1-18-12-3-2-11(7-12)16-13(17)8-4-9(14)6-10(15)5-8/h4-6,11-12H,2-3,7H2,1H3,(H,16,17). The molecule has 0 saturated heterocycles. The molecule has 0 heterocycles. The summed E-state index contributed by atoms with van der Waals surface area (Å²) in [6.07, 6.45) is 5.52. The van der Waals surface area contributed by atoms with Crippen LogP contribution in [0, 0.1) is 0 Å². The third-order valence-electron chi connectivity index (χ3n) is 3.18. The van der Waals surface area contributed by atoms with E-state index in [1.54, 1.807) is 0 Å². The lowest BCUT2D eigenvalue weighted by molar-refractivity contribution is 0.0938. The molecule has 1 fully saturated rings. The van der Waals surface area contributed by atoms with Gasteiger partial charge in [-0.2, -0.15) is 11.8 Å². The first-order valence-corrected chi connectivity index (χ1v) is 8.75. The van der Waals surface area contributed by atoms with E-state index in [1.807, 2.05) is 30.0 Å². The zero-order valence-electron chi connectivity index (χ0n) is 10.1. The van der Waals surface area contributed by atoms with Gasteiger partial charge in [-0.05, 0) is 43.7 Å². The van der Waals surface area contributed by atoms with Crippen molar-refractivity contribution in [2.75, 3.05) is 6.26 Å². The average molecular weight is 393 g/mol. The Morgan fingerprint density at radius 3 is 2.50 bits per heavy atom. The number of nitrogens with one attached hydrogen (secondary N) is 1. The zero-order valence-corrected chi connectivity index (χ0v) is 14.1. The first-order chi connectivity index (χ1) is 8.58. The van der Waals surface area contributed by atoms with Crippen molar-refractivity contribution in [2.45, 2.75) is 30.6 Å². The van der Waals surface area contributed by atoms with Crippen molar-refractivity contribution in [1.82, 2.24) is 5.32 Å². The summed E-state index contributed by atoms with van der Waals surface area (Å²) in [4.78, 5) is 12.1. The van der Waals surface area contributed by atoms with E-state index in [9.17, 15) is 4.79 Å². The van der Waals surface area contributed by atoms with Crippen LogP contribution >= 0.6 is 43.6 Å². The molecule has 0 aliphatic heterocycles. The second-order valence-electron chi connectivity index (χ2n) is 4.50. The molecular weight excluding hydrogens is 378 g/mol. The molecule has 1 aliphatic rings. The van der Waals surface area contributed by atoms with Crippen LogP contribution in [-0.4, -0.2) is 23.5 Å². The molecule has 2 unspecified atom stereocenters. The van der Waals surface area contributed by atoms with Gasteiger partial charge in [-0.15, -0.1) is 0 Å². The van der Waals surface area contributed by atoms with Gasteiger partial charge in [0.25, 0.3) is 5.91 Å². The van der Waals surface area contributed by atoms with Crippen LogP contribution in [0.25, 0.3) is 0 Å². The zero-order chi connectivity index (χ0) is 13.1. The number of hydrogen-bond donors (Lipinski definition) is 1. The van der Waals surface area contributed by atoms with Gasteiger partial charge in [-0.1, -0.05) is 31.9 Å².